The molecule has 0 amide bonds. The Balaban J connectivity index is -0.000000145. The first-order chi connectivity index (χ1) is 6.46. The molecule has 1 aromatic rings. The second-order valence-electron chi connectivity index (χ2n) is 2.19. The molecule has 0 aromatic heterocycles. The van der Waals surface area contributed by atoms with Crippen LogP contribution in [0.4, 0.5) is 0 Å². The summed E-state index contributed by atoms with van der Waals surface area (Å²) in [5, 5.41) is 14.8. The minimum Gasteiger partial charge on any atom is -0.481 e. The fourth-order valence-corrected chi connectivity index (χ4v) is 0.385. The lowest BCUT2D eigenvalue weighted by Gasteiger charge is -1.69. The first kappa shape index (κ1) is 19.1. The molecule has 0 unspecified atom stereocenters. The van der Waals surface area contributed by atoms with Crippen molar-refractivity contribution in [1.29, 1.82) is 0 Å². The van der Waals surface area contributed by atoms with Crippen LogP contribution in [0.25, 0.3) is 0 Å². The minimum absolute atomic E-state index is 0. The highest BCUT2D eigenvalue weighted by atomic mass is 32.1. The average Bonchev–Trinajstić information content (AvgIpc) is 2.05. The Bertz CT molecular complexity index is 202. The molecular weight excluding hydrogens is 216 g/mol. The second-order valence-corrected chi connectivity index (χ2v) is 2.19. The van der Waals surface area contributed by atoms with Gasteiger partial charge < -0.3 is 10.2 Å². The summed E-state index contributed by atoms with van der Waals surface area (Å²) >= 11 is 0. The van der Waals surface area contributed by atoms with Gasteiger partial charge in [0.25, 0.3) is 11.9 Å². The normalized spacial score (nSPS) is 6.53. The van der Waals surface area contributed by atoms with Gasteiger partial charge in [-0.25, -0.2) is 0 Å². The van der Waals surface area contributed by atoms with Crippen LogP contribution in [0.2, 0.25) is 0 Å². The van der Waals surface area contributed by atoms with Crippen LogP contribution >= 0.6 is 13.5 Å². The third-order valence-corrected chi connectivity index (χ3v) is 0.667. The molecule has 0 spiro atoms. The first-order valence-corrected chi connectivity index (χ1v) is 3.86. The van der Waals surface area contributed by atoms with Crippen LogP contribution < -0.4 is 0 Å². The van der Waals surface area contributed by atoms with Crippen molar-refractivity contribution in [3.05, 3.63) is 36.4 Å². The van der Waals surface area contributed by atoms with Gasteiger partial charge in [-0.2, -0.15) is 13.5 Å². The van der Waals surface area contributed by atoms with Gasteiger partial charge in [0, 0.05) is 13.8 Å². The summed E-state index contributed by atoms with van der Waals surface area (Å²) in [6, 6.07) is 12.0. The van der Waals surface area contributed by atoms with Crippen LogP contribution in [0, 0.1) is 0 Å². The molecule has 0 radical (unpaired) electrons. The first-order valence-electron chi connectivity index (χ1n) is 3.86. The smallest absolute Gasteiger partial charge is 0.300 e. The van der Waals surface area contributed by atoms with E-state index in [0.717, 1.165) is 13.8 Å². The highest BCUT2D eigenvalue weighted by Gasteiger charge is 1.65. The van der Waals surface area contributed by atoms with Crippen LogP contribution in [0.1, 0.15) is 13.8 Å². The number of benzene rings is 1. The molecule has 15 heavy (non-hydrogen) atoms. The van der Waals surface area contributed by atoms with Crippen LogP contribution in [0.3, 0.4) is 0 Å². The Morgan fingerprint density at radius 2 is 0.800 bits per heavy atom. The number of aliphatic carboxylic acids is 2. The molecule has 0 aliphatic carbocycles. The van der Waals surface area contributed by atoms with E-state index in [4.69, 9.17) is 19.8 Å². The van der Waals surface area contributed by atoms with E-state index in [1.807, 2.05) is 36.4 Å². The van der Waals surface area contributed by atoms with E-state index in [0.29, 0.717) is 0 Å². The number of carbonyl (C=O) groups is 2. The Hall–Kier alpha value is -1.49. The zero-order valence-electron chi connectivity index (χ0n) is 8.68. The molecule has 4 nitrogen and oxygen atoms in total. The average molecular weight is 232 g/mol. The molecule has 0 saturated heterocycles. The monoisotopic (exact) mass is 232 g/mol. The van der Waals surface area contributed by atoms with E-state index < -0.39 is 11.9 Å². The zero-order chi connectivity index (χ0) is 11.4. The van der Waals surface area contributed by atoms with Crippen molar-refractivity contribution in [2.24, 2.45) is 0 Å². The lowest BCUT2D eigenvalue weighted by atomic mass is 10.4. The van der Waals surface area contributed by atoms with Gasteiger partial charge in [-0.15, -0.1) is 0 Å². The summed E-state index contributed by atoms with van der Waals surface area (Å²) in [5.41, 5.74) is 0. The van der Waals surface area contributed by atoms with E-state index in [-0.39, 0.29) is 13.5 Å². The second kappa shape index (κ2) is 15.0. The van der Waals surface area contributed by atoms with Gasteiger partial charge in [-0.05, 0) is 0 Å². The van der Waals surface area contributed by atoms with Crippen molar-refractivity contribution in [1.82, 2.24) is 0 Å². The van der Waals surface area contributed by atoms with Gasteiger partial charge in [0.2, 0.25) is 0 Å². The van der Waals surface area contributed by atoms with Gasteiger partial charge in [-0.3, -0.25) is 9.59 Å². The summed E-state index contributed by atoms with van der Waals surface area (Å²) < 4.78 is 0. The van der Waals surface area contributed by atoms with E-state index in [1.54, 1.807) is 0 Å². The summed E-state index contributed by atoms with van der Waals surface area (Å²) in [6.07, 6.45) is 0. The van der Waals surface area contributed by atoms with Crippen LogP contribution in [-0.4, -0.2) is 22.2 Å². The van der Waals surface area contributed by atoms with E-state index >= 15 is 0 Å². The van der Waals surface area contributed by atoms with Crippen molar-refractivity contribution in [2.75, 3.05) is 0 Å². The fourth-order valence-electron chi connectivity index (χ4n) is 0.385. The molecule has 0 atom stereocenters. The third kappa shape index (κ3) is 67.9. The Kier molecular flexibility index (Phi) is 19.1. The third-order valence-electron chi connectivity index (χ3n) is 0.667. The number of carboxylic acid groups (broad SMARTS) is 2. The molecule has 0 bridgehead atoms. The number of carboxylic acids is 2. The molecule has 86 valence electrons. The van der Waals surface area contributed by atoms with Gasteiger partial charge >= 0.3 is 0 Å². The van der Waals surface area contributed by atoms with Crippen molar-refractivity contribution >= 4 is 25.4 Å². The summed E-state index contributed by atoms with van der Waals surface area (Å²) in [4.78, 5) is 18.0. The maximum Gasteiger partial charge on any atom is 0.300 e. The topological polar surface area (TPSA) is 74.6 Å². The highest BCUT2D eigenvalue weighted by Crippen LogP contribution is 1.79. The molecule has 1 rings (SSSR count). The molecule has 0 aliphatic heterocycles. The molecule has 5 heteroatoms. The number of hydrogen-bond donors (Lipinski definition) is 2. The van der Waals surface area contributed by atoms with Gasteiger partial charge in [0.05, 0.1) is 0 Å². The van der Waals surface area contributed by atoms with Crippen molar-refractivity contribution in [2.45, 2.75) is 13.8 Å². The summed E-state index contributed by atoms with van der Waals surface area (Å²) in [5.74, 6) is -1.67. The Morgan fingerprint density at radius 1 is 0.733 bits per heavy atom. The van der Waals surface area contributed by atoms with Crippen molar-refractivity contribution in [3.8, 4) is 0 Å². The van der Waals surface area contributed by atoms with Gasteiger partial charge in [0.1, 0.15) is 0 Å². The van der Waals surface area contributed by atoms with Crippen molar-refractivity contribution < 1.29 is 19.8 Å². The largest absolute Gasteiger partial charge is 0.481 e. The van der Waals surface area contributed by atoms with Crippen LogP contribution in [0.5, 0.6) is 0 Å². The number of hydrogen-bond acceptors (Lipinski definition) is 2. The Labute approximate surface area is 96.0 Å². The van der Waals surface area contributed by atoms with Gasteiger partial charge in [0.15, 0.2) is 0 Å². The van der Waals surface area contributed by atoms with Gasteiger partial charge in [-0.1, -0.05) is 36.4 Å². The lowest BCUT2D eigenvalue weighted by molar-refractivity contribution is -0.135. The summed E-state index contributed by atoms with van der Waals surface area (Å²) in [7, 11) is 0. The molecule has 2 N–H and O–H groups in total. The standard InChI is InChI=1S/C6H6.2C2H4O2.H2S/c1-2-4-6-5-3-1;2*1-2(3)4;/h1-6H;2*1H3,(H,3,4);1H2. The molecule has 0 fully saturated rings. The fraction of sp³-hybridized carbons (Fsp3) is 0.200. The van der Waals surface area contributed by atoms with Crippen LogP contribution in [-0.2, 0) is 9.59 Å². The molecule has 1 aromatic carbocycles. The van der Waals surface area contributed by atoms with Crippen molar-refractivity contribution in [3.63, 3.8) is 0 Å². The highest BCUT2D eigenvalue weighted by molar-refractivity contribution is 7.59. The lowest BCUT2D eigenvalue weighted by Crippen LogP contribution is -1.78. The predicted octanol–water partition coefficient (Wildman–Crippen LogP) is 1.98. The van der Waals surface area contributed by atoms with E-state index in [9.17, 15) is 0 Å². The SMILES string of the molecule is CC(=O)O.CC(=O)O.S.c1ccccc1. The molecular formula is C10H16O4S. The Morgan fingerprint density at radius 3 is 0.867 bits per heavy atom. The molecule has 0 saturated carbocycles. The quantitative estimate of drug-likeness (QED) is 0.717. The zero-order valence-corrected chi connectivity index (χ0v) is 9.68. The minimum atomic E-state index is -0.833. The van der Waals surface area contributed by atoms with Crippen LogP contribution in [0.15, 0.2) is 36.4 Å². The summed E-state index contributed by atoms with van der Waals surface area (Å²) in [6.45, 7) is 2.17. The number of rotatable bonds is 0. The molecule has 0 aliphatic rings. The van der Waals surface area contributed by atoms with E-state index in [2.05, 4.69) is 0 Å². The maximum absolute atomic E-state index is 9.00. The predicted molar refractivity (Wildman–Crippen MR) is 63.4 cm³/mol. The maximum atomic E-state index is 9.00. The molecule has 0 heterocycles. The van der Waals surface area contributed by atoms with E-state index in [1.165, 1.54) is 0 Å².